The number of hydrogen-bond acceptors (Lipinski definition) is 5. The summed E-state index contributed by atoms with van der Waals surface area (Å²) in [6.45, 7) is 1.79. The molecule has 0 spiro atoms. The van der Waals surface area contributed by atoms with E-state index in [1.54, 1.807) is 34.8 Å². The number of aromatic nitrogens is 7. The molecule has 4 heterocycles. The Labute approximate surface area is 184 Å². The lowest BCUT2D eigenvalue weighted by molar-refractivity contribution is -0.137. The molecule has 1 aliphatic carbocycles. The van der Waals surface area contributed by atoms with E-state index in [9.17, 15) is 17.7 Å². The second-order valence-electron chi connectivity index (χ2n) is 7.78. The molecule has 1 aliphatic rings. The van der Waals surface area contributed by atoms with Crippen LogP contribution in [0.1, 0.15) is 36.9 Å². The van der Waals surface area contributed by atoms with E-state index in [1.807, 2.05) is 12.3 Å². The number of aryl methyl sites for hydroxylation is 1. The van der Waals surface area contributed by atoms with Crippen molar-refractivity contribution >= 4 is 22.3 Å². The minimum Gasteiger partial charge on any atom is -0.610 e. The summed E-state index contributed by atoms with van der Waals surface area (Å²) in [5, 5.41) is 5.04. The van der Waals surface area contributed by atoms with Gasteiger partial charge < -0.3 is 9.12 Å². The van der Waals surface area contributed by atoms with Crippen LogP contribution in [0.15, 0.2) is 29.6 Å². The van der Waals surface area contributed by atoms with Crippen molar-refractivity contribution < 1.29 is 17.7 Å². The fraction of sp³-hybridized carbons (Fsp3) is 0.400. The predicted molar refractivity (Wildman–Crippen MR) is 112 cm³/mol. The Morgan fingerprint density at radius 2 is 1.94 bits per heavy atom. The Kier molecular flexibility index (Phi) is 4.82. The molecule has 0 saturated heterocycles. The topological polar surface area (TPSA) is 89.4 Å². The van der Waals surface area contributed by atoms with E-state index in [2.05, 4.69) is 20.1 Å². The Balaban J connectivity index is 1.68. The lowest BCUT2D eigenvalue weighted by Crippen LogP contribution is -2.13. The van der Waals surface area contributed by atoms with Gasteiger partial charge in [0.15, 0.2) is 17.2 Å². The molecule has 0 radical (unpaired) electrons. The molecule has 5 rings (SSSR count). The summed E-state index contributed by atoms with van der Waals surface area (Å²) < 4.78 is 57.2. The maximum absolute atomic E-state index is 13.1. The molecule has 0 amide bonds. The van der Waals surface area contributed by atoms with Gasteiger partial charge in [-0.1, -0.05) is 0 Å². The highest BCUT2D eigenvalue weighted by molar-refractivity contribution is 7.91. The summed E-state index contributed by atoms with van der Waals surface area (Å²) in [6.07, 6.45) is 0.295. The Morgan fingerprint density at radius 3 is 2.59 bits per heavy atom. The molecule has 1 saturated carbocycles. The first-order valence-electron chi connectivity index (χ1n) is 10.1. The van der Waals surface area contributed by atoms with Crippen LogP contribution in [0.25, 0.3) is 28.6 Å². The van der Waals surface area contributed by atoms with Crippen LogP contribution in [0.5, 0.6) is 0 Å². The highest BCUT2D eigenvalue weighted by Crippen LogP contribution is 2.39. The van der Waals surface area contributed by atoms with Gasteiger partial charge in [-0.2, -0.15) is 18.3 Å². The summed E-state index contributed by atoms with van der Waals surface area (Å²) in [7, 11) is 3.40. The second kappa shape index (κ2) is 7.34. The molecule has 0 N–H and O–H groups in total. The lowest BCUT2D eigenvalue weighted by Gasteiger charge is -2.10. The van der Waals surface area contributed by atoms with Crippen LogP contribution in [-0.4, -0.2) is 44.2 Å². The summed E-state index contributed by atoms with van der Waals surface area (Å²) in [5.74, 6) is 1.56. The first-order valence-corrected chi connectivity index (χ1v) is 11.4. The fourth-order valence-electron chi connectivity index (χ4n) is 3.71. The second-order valence-corrected chi connectivity index (χ2v) is 9.43. The van der Waals surface area contributed by atoms with Gasteiger partial charge in [0.1, 0.15) is 11.3 Å². The molecule has 12 heteroatoms. The van der Waals surface area contributed by atoms with Gasteiger partial charge in [0.05, 0.1) is 11.3 Å². The zero-order chi connectivity index (χ0) is 22.8. The van der Waals surface area contributed by atoms with Crippen molar-refractivity contribution in [2.45, 2.75) is 36.9 Å². The molecular formula is C20H20F3N7OS. The SMILES string of the molecule is CC[S+]([O-])c1c(-c2nc3cc(C(F)(F)F)cnc3n2C)nc(-n2ccc(C3CC3)n2)n1C. The van der Waals surface area contributed by atoms with Crippen molar-refractivity contribution in [3.05, 3.63) is 35.8 Å². The smallest absolute Gasteiger partial charge is 0.417 e. The van der Waals surface area contributed by atoms with Crippen molar-refractivity contribution in [3.63, 3.8) is 0 Å². The van der Waals surface area contributed by atoms with Crippen molar-refractivity contribution in [2.75, 3.05) is 5.75 Å². The van der Waals surface area contributed by atoms with Crippen LogP contribution in [0.2, 0.25) is 0 Å². The van der Waals surface area contributed by atoms with E-state index in [0.29, 0.717) is 34.2 Å². The summed E-state index contributed by atoms with van der Waals surface area (Å²) >= 11 is -1.40. The predicted octanol–water partition coefficient (Wildman–Crippen LogP) is 3.58. The van der Waals surface area contributed by atoms with Gasteiger partial charge in [0.2, 0.25) is 5.95 Å². The lowest BCUT2D eigenvalue weighted by atomic mass is 10.2. The minimum atomic E-state index is -4.52. The molecule has 1 unspecified atom stereocenters. The largest absolute Gasteiger partial charge is 0.610 e. The van der Waals surface area contributed by atoms with Gasteiger partial charge in [-0.15, -0.1) is 0 Å². The molecule has 1 atom stereocenters. The molecule has 4 aromatic rings. The van der Waals surface area contributed by atoms with Crippen molar-refractivity contribution in [3.8, 4) is 17.5 Å². The summed E-state index contributed by atoms with van der Waals surface area (Å²) in [4.78, 5) is 13.0. The number of fused-ring (bicyclic) bond motifs is 1. The molecule has 32 heavy (non-hydrogen) atoms. The van der Waals surface area contributed by atoms with E-state index >= 15 is 0 Å². The molecule has 8 nitrogen and oxygen atoms in total. The Morgan fingerprint density at radius 1 is 1.19 bits per heavy atom. The normalized spacial score (nSPS) is 15.6. The quantitative estimate of drug-likeness (QED) is 0.422. The fourth-order valence-corrected chi connectivity index (χ4v) is 4.72. The van der Waals surface area contributed by atoms with Gasteiger partial charge in [0, 0.05) is 43.6 Å². The standard InChI is InChI=1S/C20H20F3N7OS/c1-4-32(31)18-15(26-19(29(18)3)30-8-7-13(27-30)11-5-6-11)17-25-14-9-12(20(21,22)23)10-24-16(14)28(17)2/h7-11H,4-6H2,1-3H3. The first-order chi connectivity index (χ1) is 15.2. The Hall–Kier alpha value is -2.86. The van der Waals surface area contributed by atoms with Crippen molar-refractivity contribution in [1.29, 1.82) is 0 Å². The van der Waals surface area contributed by atoms with E-state index in [-0.39, 0.29) is 11.2 Å². The van der Waals surface area contributed by atoms with Crippen LogP contribution < -0.4 is 0 Å². The highest BCUT2D eigenvalue weighted by atomic mass is 32.2. The maximum atomic E-state index is 13.1. The zero-order valence-electron chi connectivity index (χ0n) is 17.6. The number of halogens is 3. The molecule has 0 bridgehead atoms. The van der Waals surface area contributed by atoms with Gasteiger partial charge >= 0.3 is 6.18 Å². The molecule has 1 fully saturated rings. The van der Waals surface area contributed by atoms with Gasteiger partial charge in [-0.25, -0.2) is 19.6 Å². The van der Waals surface area contributed by atoms with Gasteiger partial charge in [-0.3, -0.25) is 4.57 Å². The minimum absolute atomic E-state index is 0.0906. The summed E-state index contributed by atoms with van der Waals surface area (Å²) in [5.41, 5.74) is 0.814. The molecule has 0 aliphatic heterocycles. The molecular weight excluding hydrogens is 443 g/mol. The van der Waals surface area contributed by atoms with Crippen molar-refractivity contribution in [2.24, 2.45) is 14.1 Å². The molecule has 0 aromatic carbocycles. The van der Waals surface area contributed by atoms with Crippen LogP contribution in [0.4, 0.5) is 13.2 Å². The third-order valence-electron chi connectivity index (χ3n) is 5.56. The van der Waals surface area contributed by atoms with Crippen LogP contribution in [0.3, 0.4) is 0 Å². The van der Waals surface area contributed by atoms with Gasteiger partial charge in [0.25, 0.3) is 5.03 Å². The molecule has 168 valence electrons. The number of nitrogens with zero attached hydrogens (tertiary/aromatic N) is 7. The highest BCUT2D eigenvalue weighted by Gasteiger charge is 2.34. The number of rotatable bonds is 5. The molecule has 4 aromatic heterocycles. The first kappa shape index (κ1) is 21.0. The Bertz CT molecular complexity index is 1320. The third kappa shape index (κ3) is 3.37. The van der Waals surface area contributed by atoms with Crippen LogP contribution in [0, 0.1) is 0 Å². The van der Waals surface area contributed by atoms with E-state index < -0.39 is 22.9 Å². The third-order valence-corrected chi connectivity index (χ3v) is 6.98. The zero-order valence-corrected chi connectivity index (χ0v) is 18.4. The van der Waals surface area contributed by atoms with E-state index in [4.69, 9.17) is 0 Å². The number of alkyl halides is 3. The number of hydrogen-bond donors (Lipinski definition) is 0. The summed E-state index contributed by atoms with van der Waals surface area (Å²) in [6, 6.07) is 2.90. The number of imidazole rings is 2. The van der Waals surface area contributed by atoms with Gasteiger partial charge in [-0.05, 0) is 31.9 Å². The van der Waals surface area contributed by atoms with Crippen LogP contribution in [-0.2, 0) is 31.4 Å². The van der Waals surface area contributed by atoms with E-state index in [0.717, 1.165) is 30.8 Å². The number of pyridine rings is 1. The van der Waals surface area contributed by atoms with E-state index in [1.165, 1.54) is 0 Å². The average Bonchev–Trinajstić information content (AvgIpc) is 3.26. The van der Waals surface area contributed by atoms with Crippen LogP contribution >= 0.6 is 0 Å². The average molecular weight is 463 g/mol. The van der Waals surface area contributed by atoms with Crippen molar-refractivity contribution in [1.82, 2.24) is 33.9 Å². The monoisotopic (exact) mass is 463 g/mol. The maximum Gasteiger partial charge on any atom is 0.417 e.